The van der Waals surface area contributed by atoms with E-state index in [0.717, 1.165) is 6.54 Å². The van der Waals surface area contributed by atoms with Crippen LogP contribution in [-0.4, -0.2) is 45.0 Å². The smallest absolute Gasteiger partial charge is 0.191 e. The van der Waals surface area contributed by atoms with Gasteiger partial charge in [0, 0.05) is 18.0 Å². The average Bonchev–Trinajstić information content (AvgIpc) is 2.84. The molecule has 1 saturated heterocycles. The van der Waals surface area contributed by atoms with Crippen molar-refractivity contribution in [2.24, 2.45) is 4.99 Å². The summed E-state index contributed by atoms with van der Waals surface area (Å²) >= 11 is 0. The Morgan fingerprint density at radius 3 is 2.62 bits per heavy atom. The van der Waals surface area contributed by atoms with Crippen LogP contribution >= 0.6 is 0 Å². The van der Waals surface area contributed by atoms with Crippen LogP contribution in [0.1, 0.15) is 38.3 Å². The lowest BCUT2D eigenvalue weighted by molar-refractivity contribution is 0.532. The first kappa shape index (κ1) is 18.8. The topological polar surface area (TPSA) is 70.6 Å². The summed E-state index contributed by atoms with van der Waals surface area (Å²) in [5, 5.41) is 6.49. The molecule has 24 heavy (non-hydrogen) atoms. The maximum absolute atomic E-state index is 11.6. The summed E-state index contributed by atoms with van der Waals surface area (Å²) < 4.78 is 23.2. The molecule has 134 valence electrons. The van der Waals surface area contributed by atoms with Crippen molar-refractivity contribution in [2.45, 2.75) is 45.6 Å². The quantitative estimate of drug-likeness (QED) is 0.629. The number of nitrogens with one attached hydrogen (secondary N) is 2. The highest BCUT2D eigenvalue weighted by Gasteiger charge is 2.28. The van der Waals surface area contributed by atoms with Crippen LogP contribution in [0.4, 0.5) is 0 Å². The molecule has 1 aliphatic rings. The van der Waals surface area contributed by atoms with E-state index in [1.54, 1.807) is 0 Å². The SMILES string of the molecule is CCNC(=NCC(C)(C)c1ccccc1C)NC1CCS(=O)(=O)C1. The molecule has 1 aliphatic heterocycles. The van der Waals surface area contributed by atoms with Gasteiger partial charge in [0.05, 0.1) is 18.1 Å². The molecule has 2 N–H and O–H groups in total. The van der Waals surface area contributed by atoms with Crippen molar-refractivity contribution in [2.75, 3.05) is 24.6 Å². The average molecular weight is 352 g/mol. The predicted octanol–water partition coefficient (Wildman–Crippen LogP) is 2.01. The summed E-state index contributed by atoms with van der Waals surface area (Å²) in [7, 11) is -2.89. The largest absolute Gasteiger partial charge is 0.357 e. The Kier molecular flexibility index (Phi) is 5.91. The van der Waals surface area contributed by atoms with Crippen LogP contribution in [0, 0.1) is 6.92 Å². The second-order valence-electron chi connectivity index (χ2n) is 7.14. The summed E-state index contributed by atoms with van der Waals surface area (Å²) in [5.74, 6) is 1.15. The molecule has 6 heteroatoms. The maximum atomic E-state index is 11.6. The molecule has 5 nitrogen and oxygen atoms in total. The fourth-order valence-corrected chi connectivity index (χ4v) is 4.79. The van der Waals surface area contributed by atoms with Crippen LogP contribution in [0.5, 0.6) is 0 Å². The molecule has 0 saturated carbocycles. The van der Waals surface area contributed by atoms with Gasteiger partial charge >= 0.3 is 0 Å². The van der Waals surface area contributed by atoms with Crippen LogP contribution in [0.3, 0.4) is 0 Å². The van der Waals surface area contributed by atoms with Crippen LogP contribution in [-0.2, 0) is 15.3 Å². The van der Waals surface area contributed by atoms with E-state index in [1.165, 1.54) is 11.1 Å². The number of nitrogens with zero attached hydrogens (tertiary/aromatic N) is 1. The Balaban J connectivity index is 2.09. The molecule has 0 spiro atoms. The number of aryl methyl sites for hydroxylation is 1. The minimum Gasteiger partial charge on any atom is -0.357 e. The molecule has 1 unspecified atom stereocenters. The Morgan fingerprint density at radius 1 is 1.33 bits per heavy atom. The highest BCUT2D eigenvalue weighted by Crippen LogP contribution is 2.26. The van der Waals surface area contributed by atoms with Crippen LogP contribution in [0.2, 0.25) is 0 Å². The van der Waals surface area contributed by atoms with E-state index >= 15 is 0 Å². The third-order valence-electron chi connectivity index (χ3n) is 4.42. The van der Waals surface area contributed by atoms with E-state index in [9.17, 15) is 8.42 Å². The van der Waals surface area contributed by atoms with Gasteiger partial charge in [-0.2, -0.15) is 0 Å². The van der Waals surface area contributed by atoms with Gasteiger partial charge in [0.1, 0.15) is 0 Å². The lowest BCUT2D eigenvalue weighted by Gasteiger charge is -2.26. The predicted molar refractivity (Wildman–Crippen MR) is 100 cm³/mol. The lowest BCUT2D eigenvalue weighted by Crippen LogP contribution is -2.44. The summed E-state index contributed by atoms with van der Waals surface area (Å²) in [6.07, 6.45) is 0.647. The zero-order chi connectivity index (χ0) is 17.8. The van der Waals surface area contributed by atoms with Gasteiger partial charge in [0.25, 0.3) is 0 Å². The third kappa shape index (κ3) is 4.97. The van der Waals surface area contributed by atoms with Gasteiger partial charge in [-0.25, -0.2) is 8.42 Å². The molecule has 1 fully saturated rings. The number of guanidine groups is 1. The zero-order valence-corrected chi connectivity index (χ0v) is 15.9. The van der Waals surface area contributed by atoms with Gasteiger partial charge in [-0.05, 0) is 31.4 Å². The molecule has 0 bridgehead atoms. The first-order chi connectivity index (χ1) is 11.2. The van der Waals surface area contributed by atoms with Crippen LogP contribution in [0.15, 0.2) is 29.3 Å². The Bertz CT molecular complexity index is 696. The molecule has 0 radical (unpaired) electrons. The van der Waals surface area contributed by atoms with Crippen molar-refractivity contribution >= 4 is 15.8 Å². The van der Waals surface area contributed by atoms with Crippen molar-refractivity contribution in [3.05, 3.63) is 35.4 Å². The highest BCUT2D eigenvalue weighted by atomic mass is 32.2. The van der Waals surface area contributed by atoms with Gasteiger partial charge in [0.15, 0.2) is 15.8 Å². The number of hydrogen-bond acceptors (Lipinski definition) is 3. The molecular formula is C18H29N3O2S. The van der Waals surface area contributed by atoms with Crippen molar-refractivity contribution in [3.63, 3.8) is 0 Å². The number of aliphatic imine (C=N–C) groups is 1. The molecule has 1 aromatic rings. The first-order valence-electron chi connectivity index (χ1n) is 8.55. The minimum absolute atomic E-state index is 0.0469. The van der Waals surface area contributed by atoms with Gasteiger partial charge < -0.3 is 10.6 Å². The van der Waals surface area contributed by atoms with Gasteiger partial charge in [0.2, 0.25) is 0 Å². The number of sulfone groups is 1. The summed E-state index contributed by atoms with van der Waals surface area (Å²) in [4.78, 5) is 4.71. The van der Waals surface area contributed by atoms with Crippen molar-refractivity contribution in [1.82, 2.24) is 10.6 Å². The molecule has 0 amide bonds. The number of hydrogen-bond donors (Lipinski definition) is 2. The van der Waals surface area contributed by atoms with Gasteiger partial charge in [-0.1, -0.05) is 38.1 Å². The third-order valence-corrected chi connectivity index (χ3v) is 6.19. The number of rotatable bonds is 5. The molecule has 1 heterocycles. The number of benzene rings is 1. The monoisotopic (exact) mass is 351 g/mol. The van der Waals surface area contributed by atoms with Crippen LogP contribution < -0.4 is 10.6 Å². The van der Waals surface area contributed by atoms with Crippen LogP contribution in [0.25, 0.3) is 0 Å². The first-order valence-corrected chi connectivity index (χ1v) is 10.4. The van der Waals surface area contributed by atoms with E-state index in [4.69, 9.17) is 4.99 Å². The van der Waals surface area contributed by atoms with E-state index in [2.05, 4.69) is 49.6 Å². The molecule has 0 aromatic heterocycles. The summed E-state index contributed by atoms with van der Waals surface area (Å²) in [6, 6.07) is 8.32. The van der Waals surface area contributed by atoms with Crippen molar-refractivity contribution in [1.29, 1.82) is 0 Å². The summed E-state index contributed by atoms with van der Waals surface area (Å²) in [5.41, 5.74) is 2.46. The van der Waals surface area contributed by atoms with E-state index in [0.29, 0.717) is 18.9 Å². The van der Waals surface area contributed by atoms with Crippen molar-refractivity contribution in [3.8, 4) is 0 Å². The fraction of sp³-hybridized carbons (Fsp3) is 0.611. The van der Waals surface area contributed by atoms with Gasteiger partial charge in [-0.3, -0.25) is 4.99 Å². The zero-order valence-electron chi connectivity index (χ0n) is 15.1. The second kappa shape index (κ2) is 7.55. The lowest BCUT2D eigenvalue weighted by atomic mass is 9.82. The molecule has 2 rings (SSSR count). The molecular weight excluding hydrogens is 322 g/mol. The van der Waals surface area contributed by atoms with E-state index in [-0.39, 0.29) is 23.0 Å². The standard InChI is InChI=1S/C18H29N3O2S/c1-5-19-17(21-15-10-11-24(22,23)12-15)20-13-18(3,4)16-9-7-6-8-14(16)2/h6-9,15H,5,10-13H2,1-4H3,(H2,19,20,21). The molecule has 1 atom stereocenters. The maximum Gasteiger partial charge on any atom is 0.191 e. The van der Waals surface area contributed by atoms with Crippen molar-refractivity contribution < 1.29 is 8.42 Å². The normalized spacial score (nSPS) is 20.8. The second-order valence-corrected chi connectivity index (χ2v) is 9.37. The Labute approximate surface area is 145 Å². The van der Waals surface area contributed by atoms with E-state index in [1.807, 2.05) is 13.0 Å². The fourth-order valence-electron chi connectivity index (χ4n) is 3.12. The molecule has 0 aliphatic carbocycles. The Morgan fingerprint density at radius 2 is 2.04 bits per heavy atom. The Hall–Kier alpha value is -1.56. The van der Waals surface area contributed by atoms with E-state index < -0.39 is 9.84 Å². The summed E-state index contributed by atoms with van der Waals surface area (Å²) in [6.45, 7) is 9.87. The minimum atomic E-state index is -2.89. The highest BCUT2D eigenvalue weighted by molar-refractivity contribution is 7.91. The van der Waals surface area contributed by atoms with Gasteiger partial charge in [-0.15, -0.1) is 0 Å². The molecule has 1 aromatic carbocycles.